The second-order valence-corrected chi connectivity index (χ2v) is 8.59. The van der Waals surface area contributed by atoms with Gasteiger partial charge in [0.2, 0.25) is 0 Å². The molecule has 2 N–H and O–H groups in total. The Labute approximate surface area is 190 Å². The molecule has 0 spiro atoms. The number of hydrogen-bond acceptors (Lipinski definition) is 4. The zero-order chi connectivity index (χ0) is 22.3. The van der Waals surface area contributed by atoms with Gasteiger partial charge in [0.05, 0.1) is 16.8 Å². The number of nitrogens with zero attached hydrogens (tertiary/aromatic N) is 1. The van der Waals surface area contributed by atoms with Crippen LogP contribution in [0.4, 0.5) is 0 Å². The summed E-state index contributed by atoms with van der Waals surface area (Å²) in [5.74, 6) is -0.185. The Kier molecular flexibility index (Phi) is 8.87. The van der Waals surface area contributed by atoms with Gasteiger partial charge in [-0.2, -0.15) is 5.10 Å². The second kappa shape index (κ2) is 11.1. The monoisotopic (exact) mass is 493 g/mol. The molecule has 0 radical (unpaired) electrons. The lowest BCUT2D eigenvalue weighted by Gasteiger charge is -2.20. The Hall–Kier alpha value is -2.38. The number of ether oxygens (including phenoxy) is 1. The largest absolute Gasteiger partial charge is 0.490 e. The highest BCUT2D eigenvalue weighted by Crippen LogP contribution is 2.26. The lowest BCUT2D eigenvalue weighted by atomic mass is 10.0. The minimum absolute atomic E-state index is 0.0650. The number of nitrogens with one attached hydrogen (secondary N) is 2. The number of hydrogen-bond donors (Lipinski definition) is 2. The summed E-state index contributed by atoms with van der Waals surface area (Å²) in [5.41, 5.74) is 3.66. The van der Waals surface area contributed by atoms with Crippen molar-refractivity contribution < 1.29 is 14.3 Å². The van der Waals surface area contributed by atoms with Gasteiger partial charge in [-0.1, -0.05) is 31.5 Å². The number of benzene rings is 2. The van der Waals surface area contributed by atoms with E-state index in [-0.39, 0.29) is 17.9 Å². The molecule has 2 aromatic carbocycles. The molecule has 160 valence electrons. The molecule has 0 aliphatic heterocycles. The first-order valence-electron chi connectivity index (χ1n) is 9.53. The average molecular weight is 495 g/mol. The smallest absolute Gasteiger partial charge is 0.262 e. The summed E-state index contributed by atoms with van der Waals surface area (Å²) in [4.78, 5) is 25.0. The molecular weight excluding hydrogens is 470 g/mol. The SMILES string of the molecule is CC(C)Oc1ccc(/C=N/NC(=O)C(NC(=O)c2cccc(Cl)c2)C(C)C)cc1Br. The summed E-state index contributed by atoms with van der Waals surface area (Å²) in [6, 6.07) is 11.3. The van der Waals surface area contributed by atoms with Crippen molar-refractivity contribution in [3.63, 3.8) is 0 Å². The minimum Gasteiger partial charge on any atom is -0.490 e. The third-order valence-electron chi connectivity index (χ3n) is 4.03. The summed E-state index contributed by atoms with van der Waals surface area (Å²) in [6.45, 7) is 7.59. The third kappa shape index (κ3) is 7.15. The van der Waals surface area contributed by atoms with Gasteiger partial charge >= 0.3 is 0 Å². The van der Waals surface area contributed by atoms with Crippen molar-refractivity contribution in [1.82, 2.24) is 10.7 Å². The molecule has 1 unspecified atom stereocenters. The molecule has 2 rings (SSSR count). The van der Waals surface area contributed by atoms with E-state index >= 15 is 0 Å². The van der Waals surface area contributed by atoms with Crippen molar-refractivity contribution in [2.45, 2.75) is 39.8 Å². The third-order valence-corrected chi connectivity index (χ3v) is 4.88. The van der Waals surface area contributed by atoms with E-state index in [0.29, 0.717) is 10.6 Å². The normalized spacial score (nSPS) is 12.3. The first-order chi connectivity index (χ1) is 14.2. The van der Waals surface area contributed by atoms with Crippen molar-refractivity contribution in [3.8, 4) is 5.75 Å². The van der Waals surface area contributed by atoms with Crippen molar-refractivity contribution >= 4 is 45.6 Å². The Balaban J connectivity index is 2.01. The fraction of sp³-hybridized carbons (Fsp3) is 0.318. The highest BCUT2D eigenvalue weighted by Gasteiger charge is 2.24. The van der Waals surface area contributed by atoms with E-state index in [2.05, 4.69) is 31.8 Å². The maximum atomic E-state index is 12.6. The molecule has 0 fully saturated rings. The molecule has 0 saturated carbocycles. The average Bonchev–Trinajstić information content (AvgIpc) is 2.67. The van der Waals surface area contributed by atoms with Gasteiger partial charge in [-0.15, -0.1) is 0 Å². The maximum absolute atomic E-state index is 12.6. The van der Waals surface area contributed by atoms with Crippen molar-refractivity contribution in [1.29, 1.82) is 0 Å². The minimum atomic E-state index is -0.748. The van der Waals surface area contributed by atoms with Gasteiger partial charge in [-0.3, -0.25) is 9.59 Å². The summed E-state index contributed by atoms with van der Waals surface area (Å²) in [6.07, 6.45) is 1.59. The van der Waals surface area contributed by atoms with Crippen LogP contribution in [0.1, 0.15) is 43.6 Å². The Morgan fingerprint density at radius 1 is 1.13 bits per heavy atom. The molecular formula is C22H25BrClN3O3. The van der Waals surface area contributed by atoms with Crippen molar-refractivity contribution in [2.24, 2.45) is 11.0 Å². The van der Waals surface area contributed by atoms with Gasteiger partial charge in [0.25, 0.3) is 11.8 Å². The first-order valence-corrected chi connectivity index (χ1v) is 10.7. The van der Waals surface area contributed by atoms with E-state index in [1.165, 1.54) is 6.21 Å². The van der Waals surface area contributed by atoms with Gasteiger partial charge in [-0.25, -0.2) is 5.43 Å². The van der Waals surface area contributed by atoms with Gasteiger partial charge in [-0.05, 0) is 77.7 Å². The van der Waals surface area contributed by atoms with Crippen LogP contribution in [0.2, 0.25) is 5.02 Å². The molecule has 8 heteroatoms. The number of carbonyl (C=O) groups excluding carboxylic acids is 2. The topological polar surface area (TPSA) is 79.8 Å². The zero-order valence-electron chi connectivity index (χ0n) is 17.3. The van der Waals surface area contributed by atoms with E-state index in [9.17, 15) is 9.59 Å². The van der Waals surface area contributed by atoms with Crippen LogP contribution in [-0.4, -0.2) is 30.2 Å². The van der Waals surface area contributed by atoms with E-state index in [1.54, 1.807) is 24.3 Å². The van der Waals surface area contributed by atoms with Crippen LogP contribution in [0.3, 0.4) is 0 Å². The molecule has 6 nitrogen and oxygen atoms in total. The van der Waals surface area contributed by atoms with E-state index in [0.717, 1.165) is 15.8 Å². The van der Waals surface area contributed by atoms with E-state index in [4.69, 9.17) is 16.3 Å². The molecule has 30 heavy (non-hydrogen) atoms. The van der Waals surface area contributed by atoms with Crippen LogP contribution in [0.15, 0.2) is 52.0 Å². The highest BCUT2D eigenvalue weighted by atomic mass is 79.9. The predicted octanol–water partition coefficient (Wildman–Crippen LogP) is 4.79. The Morgan fingerprint density at radius 2 is 1.87 bits per heavy atom. The number of rotatable bonds is 8. The van der Waals surface area contributed by atoms with Crippen molar-refractivity contribution in [3.05, 3.63) is 63.1 Å². The summed E-state index contributed by atoms with van der Waals surface area (Å²) in [5, 5.41) is 7.20. The molecule has 2 aromatic rings. The number of amides is 2. The number of carbonyl (C=O) groups is 2. The van der Waals surface area contributed by atoms with E-state index in [1.807, 2.05) is 45.9 Å². The van der Waals surface area contributed by atoms with Crippen LogP contribution >= 0.6 is 27.5 Å². The van der Waals surface area contributed by atoms with Gasteiger partial charge in [0.15, 0.2) is 0 Å². The summed E-state index contributed by atoms with van der Waals surface area (Å²) < 4.78 is 6.46. The van der Waals surface area contributed by atoms with Crippen LogP contribution in [0.25, 0.3) is 0 Å². The quantitative estimate of drug-likeness (QED) is 0.409. The Bertz CT molecular complexity index is 932. The molecule has 0 aliphatic rings. The molecule has 0 aliphatic carbocycles. The van der Waals surface area contributed by atoms with Crippen LogP contribution in [-0.2, 0) is 4.79 Å². The fourth-order valence-electron chi connectivity index (χ4n) is 2.58. The second-order valence-electron chi connectivity index (χ2n) is 7.30. The van der Waals surface area contributed by atoms with Crippen LogP contribution in [0, 0.1) is 5.92 Å². The predicted molar refractivity (Wildman–Crippen MR) is 123 cm³/mol. The molecule has 0 heterocycles. The molecule has 0 saturated heterocycles. The lowest BCUT2D eigenvalue weighted by molar-refractivity contribution is -0.123. The molecule has 0 bridgehead atoms. The number of hydrazone groups is 1. The number of halogens is 2. The van der Waals surface area contributed by atoms with Crippen LogP contribution < -0.4 is 15.5 Å². The van der Waals surface area contributed by atoms with Gasteiger partial charge in [0, 0.05) is 10.6 Å². The highest BCUT2D eigenvalue weighted by molar-refractivity contribution is 9.10. The van der Waals surface area contributed by atoms with Crippen molar-refractivity contribution in [2.75, 3.05) is 0 Å². The van der Waals surface area contributed by atoms with Gasteiger partial charge < -0.3 is 10.1 Å². The standard InChI is InChI=1S/C22H25BrClN3O3/c1-13(2)20(26-21(28)16-6-5-7-17(24)11-16)22(29)27-25-12-15-8-9-19(18(23)10-15)30-14(3)4/h5-14,20H,1-4H3,(H,26,28)(H,27,29)/b25-12+. The molecule has 1 atom stereocenters. The molecule has 0 aromatic heterocycles. The summed E-state index contributed by atoms with van der Waals surface area (Å²) in [7, 11) is 0. The maximum Gasteiger partial charge on any atom is 0.262 e. The van der Waals surface area contributed by atoms with E-state index < -0.39 is 11.9 Å². The lowest BCUT2D eigenvalue weighted by Crippen LogP contribution is -2.48. The zero-order valence-corrected chi connectivity index (χ0v) is 19.6. The Morgan fingerprint density at radius 3 is 2.47 bits per heavy atom. The van der Waals surface area contributed by atoms with Crippen LogP contribution in [0.5, 0.6) is 5.75 Å². The molecule has 2 amide bonds. The first kappa shape index (κ1) is 23.9. The van der Waals surface area contributed by atoms with Gasteiger partial charge in [0.1, 0.15) is 11.8 Å². The summed E-state index contributed by atoms with van der Waals surface area (Å²) >= 11 is 9.40. The fourth-order valence-corrected chi connectivity index (χ4v) is 3.26.